The van der Waals surface area contributed by atoms with E-state index < -0.39 is 0 Å². The third-order valence-corrected chi connectivity index (χ3v) is 2.13. The Kier molecular flexibility index (Phi) is 3.17. The number of aromatic nitrogens is 2. The summed E-state index contributed by atoms with van der Waals surface area (Å²) in [6.07, 6.45) is 2.13. The van der Waals surface area contributed by atoms with Crippen molar-refractivity contribution in [2.75, 3.05) is 25.1 Å². The van der Waals surface area contributed by atoms with Crippen LogP contribution in [-0.2, 0) is 9.47 Å². The second-order valence-corrected chi connectivity index (χ2v) is 3.16. The first-order chi connectivity index (χ1) is 7.40. The van der Waals surface area contributed by atoms with Crippen LogP contribution in [0.5, 0.6) is 0 Å². The fourth-order valence-electron chi connectivity index (χ4n) is 1.39. The summed E-state index contributed by atoms with van der Waals surface area (Å²) in [7, 11) is 0. The molecule has 1 fully saturated rings. The number of aromatic amines is 1. The number of nitriles is 1. The van der Waals surface area contributed by atoms with Crippen LogP contribution in [0.4, 0.5) is 5.82 Å². The first-order valence-corrected chi connectivity index (χ1v) is 4.80. The maximum absolute atomic E-state index is 8.72. The summed E-state index contributed by atoms with van der Waals surface area (Å²) in [6, 6.07) is 2.04. The standard InChI is InChI=1S/C9H12N4O2/c10-5-7-6-12-13-9(7)11-2-1-8-14-3-4-15-8/h6,8H,1-4H2,(H2,11,12,13). The molecule has 0 unspecified atom stereocenters. The smallest absolute Gasteiger partial charge is 0.159 e. The summed E-state index contributed by atoms with van der Waals surface area (Å²) in [5, 5.41) is 18.3. The molecule has 80 valence electrons. The van der Waals surface area contributed by atoms with Crippen LogP contribution in [0.15, 0.2) is 6.20 Å². The van der Waals surface area contributed by atoms with E-state index in [0.29, 0.717) is 31.1 Å². The highest BCUT2D eigenvalue weighted by Gasteiger charge is 2.15. The highest BCUT2D eigenvalue weighted by Crippen LogP contribution is 2.11. The van der Waals surface area contributed by atoms with Crippen LogP contribution in [0.2, 0.25) is 0 Å². The van der Waals surface area contributed by atoms with Gasteiger partial charge >= 0.3 is 0 Å². The monoisotopic (exact) mass is 208 g/mol. The summed E-state index contributed by atoms with van der Waals surface area (Å²) in [4.78, 5) is 0. The highest BCUT2D eigenvalue weighted by molar-refractivity contribution is 5.49. The summed E-state index contributed by atoms with van der Waals surface area (Å²) < 4.78 is 10.6. The molecular weight excluding hydrogens is 196 g/mol. The van der Waals surface area contributed by atoms with Crippen LogP contribution in [0.3, 0.4) is 0 Å². The average Bonchev–Trinajstić information content (AvgIpc) is 2.88. The molecule has 1 aromatic rings. The number of nitrogens with zero attached hydrogens (tertiary/aromatic N) is 2. The zero-order valence-electron chi connectivity index (χ0n) is 8.19. The van der Waals surface area contributed by atoms with E-state index in [1.165, 1.54) is 6.20 Å². The molecule has 1 aliphatic heterocycles. The molecule has 0 atom stereocenters. The quantitative estimate of drug-likeness (QED) is 0.750. The molecule has 6 heteroatoms. The summed E-state index contributed by atoms with van der Waals surface area (Å²) in [5.41, 5.74) is 0.517. The molecule has 0 aromatic carbocycles. The fourth-order valence-corrected chi connectivity index (χ4v) is 1.39. The van der Waals surface area contributed by atoms with E-state index in [9.17, 15) is 0 Å². The lowest BCUT2D eigenvalue weighted by atomic mass is 10.3. The predicted molar refractivity (Wildman–Crippen MR) is 52.1 cm³/mol. The zero-order chi connectivity index (χ0) is 10.5. The van der Waals surface area contributed by atoms with Crippen molar-refractivity contribution in [1.82, 2.24) is 10.2 Å². The Bertz CT molecular complexity index is 351. The number of anilines is 1. The van der Waals surface area contributed by atoms with Gasteiger partial charge < -0.3 is 14.8 Å². The van der Waals surface area contributed by atoms with Crippen molar-refractivity contribution < 1.29 is 9.47 Å². The molecule has 1 saturated heterocycles. The van der Waals surface area contributed by atoms with Gasteiger partial charge in [0.2, 0.25) is 0 Å². The number of hydrogen-bond acceptors (Lipinski definition) is 5. The Morgan fingerprint density at radius 1 is 1.60 bits per heavy atom. The lowest BCUT2D eigenvalue weighted by Crippen LogP contribution is -2.14. The van der Waals surface area contributed by atoms with E-state index in [-0.39, 0.29) is 6.29 Å². The second-order valence-electron chi connectivity index (χ2n) is 3.16. The number of rotatable bonds is 4. The fraction of sp³-hybridized carbons (Fsp3) is 0.556. The van der Waals surface area contributed by atoms with Crippen molar-refractivity contribution in [1.29, 1.82) is 5.26 Å². The Morgan fingerprint density at radius 3 is 3.13 bits per heavy atom. The van der Waals surface area contributed by atoms with Crippen molar-refractivity contribution in [2.45, 2.75) is 12.7 Å². The van der Waals surface area contributed by atoms with Gasteiger partial charge in [-0.15, -0.1) is 0 Å². The summed E-state index contributed by atoms with van der Waals surface area (Å²) in [5.74, 6) is 0.649. The average molecular weight is 208 g/mol. The van der Waals surface area contributed by atoms with E-state index in [2.05, 4.69) is 15.5 Å². The molecule has 1 aromatic heterocycles. The van der Waals surface area contributed by atoms with Crippen LogP contribution < -0.4 is 5.32 Å². The van der Waals surface area contributed by atoms with Crippen molar-refractivity contribution in [3.63, 3.8) is 0 Å². The van der Waals surface area contributed by atoms with Crippen LogP contribution in [0, 0.1) is 11.3 Å². The Balaban J connectivity index is 1.76. The minimum absolute atomic E-state index is 0.119. The van der Waals surface area contributed by atoms with Gasteiger partial charge in [-0.3, -0.25) is 5.10 Å². The Labute approximate surface area is 87.2 Å². The molecular formula is C9H12N4O2. The van der Waals surface area contributed by atoms with E-state index in [0.717, 1.165) is 6.42 Å². The van der Waals surface area contributed by atoms with Crippen molar-refractivity contribution in [3.05, 3.63) is 11.8 Å². The molecule has 2 rings (SSSR count). The topological polar surface area (TPSA) is 83.0 Å². The lowest BCUT2D eigenvalue weighted by Gasteiger charge is -2.09. The number of hydrogen-bond donors (Lipinski definition) is 2. The van der Waals surface area contributed by atoms with Crippen LogP contribution >= 0.6 is 0 Å². The van der Waals surface area contributed by atoms with Gasteiger partial charge in [0.05, 0.1) is 19.4 Å². The molecule has 2 heterocycles. The summed E-state index contributed by atoms with van der Waals surface area (Å²) in [6.45, 7) is 2.01. The lowest BCUT2D eigenvalue weighted by molar-refractivity contribution is -0.0439. The molecule has 0 spiro atoms. The minimum Gasteiger partial charge on any atom is -0.369 e. The van der Waals surface area contributed by atoms with Gasteiger partial charge in [-0.25, -0.2) is 0 Å². The van der Waals surface area contributed by atoms with E-state index >= 15 is 0 Å². The number of nitrogens with one attached hydrogen (secondary N) is 2. The SMILES string of the molecule is N#Cc1cn[nH]c1NCCC1OCCO1. The maximum atomic E-state index is 8.72. The largest absolute Gasteiger partial charge is 0.369 e. The van der Waals surface area contributed by atoms with E-state index in [1.54, 1.807) is 0 Å². The Hall–Kier alpha value is -1.58. The van der Waals surface area contributed by atoms with Gasteiger partial charge in [-0.1, -0.05) is 0 Å². The molecule has 0 amide bonds. The third-order valence-electron chi connectivity index (χ3n) is 2.13. The minimum atomic E-state index is -0.119. The highest BCUT2D eigenvalue weighted by atomic mass is 16.7. The molecule has 0 radical (unpaired) electrons. The van der Waals surface area contributed by atoms with E-state index in [1.807, 2.05) is 6.07 Å². The molecule has 0 bridgehead atoms. The first kappa shape index (κ1) is 9.96. The van der Waals surface area contributed by atoms with Crippen LogP contribution in [-0.4, -0.2) is 36.2 Å². The first-order valence-electron chi connectivity index (χ1n) is 4.80. The second kappa shape index (κ2) is 4.77. The molecule has 2 N–H and O–H groups in total. The molecule has 0 aliphatic carbocycles. The van der Waals surface area contributed by atoms with Crippen LogP contribution in [0.25, 0.3) is 0 Å². The van der Waals surface area contributed by atoms with Gasteiger partial charge in [0.1, 0.15) is 17.5 Å². The van der Waals surface area contributed by atoms with Crippen molar-refractivity contribution >= 4 is 5.82 Å². The van der Waals surface area contributed by atoms with Crippen LogP contribution in [0.1, 0.15) is 12.0 Å². The number of H-pyrrole nitrogens is 1. The van der Waals surface area contributed by atoms with Gasteiger partial charge in [0.25, 0.3) is 0 Å². The Morgan fingerprint density at radius 2 is 2.40 bits per heavy atom. The summed E-state index contributed by atoms with van der Waals surface area (Å²) >= 11 is 0. The predicted octanol–water partition coefficient (Wildman–Crippen LogP) is 0.456. The third kappa shape index (κ3) is 2.46. The van der Waals surface area contributed by atoms with Gasteiger partial charge in [0.15, 0.2) is 6.29 Å². The van der Waals surface area contributed by atoms with Crippen molar-refractivity contribution in [3.8, 4) is 6.07 Å². The zero-order valence-corrected chi connectivity index (χ0v) is 8.19. The maximum Gasteiger partial charge on any atom is 0.159 e. The van der Waals surface area contributed by atoms with Gasteiger partial charge in [-0.05, 0) is 0 Å². The molecule has 6 nitrogen and oxygen atoms in total. The number of ether oxygens (including phenoxy) is 2. The normalized spacial score (nSPS) is 16.5. The van der Waals surface area contributed by atoms with Gasteiger partial charge in [-0.2, -0.15) is 10.4 Å². The molecule has 0 saturated carbocycles. The molecule has 1 aliphatic rings. The van der Waals surface area contributed by atoms with Crippen molar-refractivity contribution in [2.24, 2.45) is 0 Å². The molecule has 15 heavy (non-hydrogen) atoms. The van der Waals surface area contributed by atoms with Gasteiger partial charge in [0, 0.05) is 13.0 Å². The van der Waals surface area contributed by atoms with E-state index in [4.69, 9.17) is 14.7 Å².